The highest BCUT2D eigenvalue weighted by molar-refractivity contribution is 7.99. The second-order valence-corrected chi connectivity index (χ2v) is 8.03. The topological polar surface area (TPSA) is 104 Å². The summed E-state index contributed by atoms with van der Waals surface area (Å²) in [6, 6.07) is 10.8. The summed E-state index contributed by atoms with van der Waals surface area (Å²) in [5.74, 6) is 0.503. The van der Waals surface area contributed by atoms with Crippen molar-refractivity contribution < 1.29 is 18.4 Å². The van der Waals surface area contributed by atoms with Crippen molar-refractivity contribution in [3.8, 4) is 22.2 Å². The molecular formula is C18H13ClN4O4S2. The van der Waals surface area contributed by atoms with E-state index in [1.165, 1.54) is 11.3 Å². The zero-order valence-corrected chi connectivity index (χ0v) is 17.3. The number of thioether (sulfide) groups is 1. The molecule has 1 aromatic carbocycles. The van der Waals surface area contributed by atoms with Crippen molar-refractivity contribution in [1.82, 2.24) is 20.4 Å². The normalized spacial score (nSPS) is 12.1. The second-order valence-electron chi connectivity index (χ2n) is 5.72. The first-order valence-corrected chi connectivity index (χ1v) is 10.6. The number of rotatable bonds is 7. The zero-order chi connectivity index (χ0) is 20.2. The average Bonchev–Trinajstić information content (AvgIpc) is 3.48. The monoisotopic (exact) mass is 448 g/mol. The van der Waals surface area contributed by atoms with E-state index in [0.29, 0.717) is 16.8 Å². The minimum atomic E-state index is -0.670. The summed E-state index contributed by atoms with van der Waals surface area (Å²) in [6.07, 6.45) is -0.670. The van der Waals surface area contributed by atoms with Crippen LogP contribution in [-0.4, -0.2) is 32.1 Å². The van der Waals surface area contributed by atoms with Crippen LogP contribution in [0.5, 0.6) is 0 Å². The van der Waals surface area contributed by atoms with Gasteiger partial charge in [-0.1, -0.05) is 29.4 Å². The smallest absolute Gasteiger partial charge is 0.317 e. The number of hydrogen-bond acceptors (Lipinski definition) is 10. The van der Waals surface area contributed by atoms with E-state index >= 15 is 0 Å². The molecule has 0 bridgehead atoms. The molecule has 148 valence electrons. The summed E-state index contributed by atoms with van der Waals surface area (Å²) in [5.41, 5.74) is 0.739. The molecular weight excluding hydrogens is 436 g/mol. The maximum Gasteiger partial charge on any atom is 0.317 e. The van der Waals surface area contributed by atoms with Gasteiger partial charge in [-0.3, -0.25) is 4.79 Å². The number of ether oxygens (including phenoxy) is 1. The maximum absolute atomic E-state index is 12.1. The van der Waals surface area contributed by atoms with E-state index in [0.717, 1.165) is 22.2 Å². The minimum absolute atomic E-state index is 0.00148. The summed E-state index contributed by atoms with van der Waals surface area (Å²) in [6.45, 7) is 1.67. The van der Waals surface area contributed by atoms with Crippen LogP contribution in [0.15, 0.2) is 55.8 Å². The molecule has 0 N–H and O–H groups in total. The Morgan fingerprint density at radius 3 is 2.69 bits per heavy atom. The molecule has 0 saturated heterocycles. The highest BCUT2D eigenvalue weighted by Crippen LogP contribution is 2.27. The van der Waals surface area contributed by atoms with E-state index in [2.05, 4.69) is 20.4 Å². The van der Waals surface area contributed by atoms with Crippen LogP contribution in [0.2, 0.25) is 5.02 Å². The Hall–Kier alpha value is -2.69. The van der Waals surface area contributed by atoms with Gasteiger partial charge in [0.25, 0.3) is 17.0 Å². The minimum Gasteiger partial charge on any atom is -0.452 e. The molecule has 0 amide bonds. The number of esters is 1. The lowest BCUT2D eigenvalue weighted by molar-refractivity contribution is -0.146. The number of halogens is 1. The van der Waals surface area contributed by atoms with Crippen LogP contribution >= 0.6 is 34.7 Å². The van der Waals surface area contributed by atoms with Gasteiger partial charge in [-0.25, -0.2) is 0 Å². The van der Waals surface area contributed by atoms with Gasteiger partial charge in [0.05, 0.1) is 4.88 Å². The van der Waals surface area contributed by atoms with Gasteiger partial charge in [0.15, 0.2) is 6.10 Å². The van der Waals surface area contributed by atoms with Crippen LogP contribution < -0.4 is 0 Å². The lowest BCUT2D eigenvalue weighted by Gasteiger charge is -2.08. The molecule has 3 heterocycles. The number of nitrogens with zero attached hydrogens (tertiary/aromatic N) is 4. The molecule has 4 aromatic rings. The number of thiophene rings is 1. The summed E-state index contributed by atoms with van der Waals surface area (Å²) < 4.78 is 16.4. The van der Waals surface area contributed by atoms with Crippen LogP contribution in [0.4, 0.5) is 0 Å². The first-order chi connectivity index (χ1) is 14.1. The molecule has 3 aromatic heterocycles. The van der Waals surface area contributed by atoms with Gasteiger partial charge in [-0.05, 0) is 42.6 Å². The fourth-order valence-electron chi connectivity index (χ4n) is 2.28. The second kappa shape index (κ2) is 8.76. The molecule has 0 radical (unpaired) electrons. The lowest BCUT2D eigenvalue weighted by atomic mass is 10.2. The maximum atomic E-state index is 12.1. The largest absolute Gasteiger partial charge is 0.452 e. The Morgan fingerprint density at radius 2 is 1.93 bits per heavy atom. The van der Waals surface area contributed by atoms with E-state index in [-0.39, 0.29) is 16.9 Å². The standard InChI is InChI=1S/C18H13ClN4O4S2/c1-10(15-20-22-17(26-15)13-3-2-8-28-13)25-14(24)9-29-18-23-21-16(27-18)11-4-6-12(19)7-5-11/h2-8,10H,9H2,1H3/t10-/m1/s1. The molecule has 11 heteroatoms. The first kappa shape index (κ1) is 19.6. The predicted molar refractivity (Wildman–Crippen MR) is 108 cm³/mol. The average molecular weight is 449 g/mol. The van der Waals surface area contributed by atoms with Gasteiger partial charge in [0.1, 0.15) is 5.75 Å². The number of aromatic nitrogens is 4. The van der Waals surface area contributed by atoms with E-state index < -0.39 is 12.1 Å². The Kier molecular flexibility index (Phi) is 5.93. The third-order valence-corrected chi connectivity index (χ3v) is 5.54. The van der Waals surface area contributed by atoms with Crippen molar-refractivity contribution in [2.75, 3.05) is 5.75 Å². The molecule has 4 rings (SSSR count). The number of hydrogen-bond donors (Lipinski definition) is 0. The van der Waals surface area contributed by atoms with E-state index in [9.17, 15) is 4.79 Å². The van der Waals surface area contributed by atoms with Gasteiger partial charge in [0, 0.05) is 10.6 Å². The third-order valence-electron chi connectivity index (χ3n) is 3.64. The molecule has 0 aliphatic carbocycles. The van der Waals surface area contributed by atoms with Crippen molar-refractivity contribution in [2.24, 2.45) is 0 Å². The first-order valence-electron chi connectivity index (χ1n) is 8.37. The Morgan fingerprint density at radius 1 is 1.14 bits per heavy atom. The Bertz CT molecular complexity index is 1100. The van der Waals surface area contributed by atoms with Crippen LogP contribution in [0.3, 0.4) is 0 Å². The zero-order valence-electron chi connectivity index (χ0n) is 14.9. The van der Waals surface area contributed by atoms with Crippen molar-refractivity contribution in [3.05, 3.63) is 52.7 Å². The fraction of sp³-hybridized carbons (Fsp3) is 0.167. The SMILES string of the molecule is C[C@@H](OC(=O)CSc1nnc(-c2ccc(Cl)cc2)o1)c1nnc(-c2cccs2)o1. The van der Waals surface area contributed by atoms with Crippen molar-refractivity contribution in [1.29, 1.82) is 0 Å². The molecule has 0 saturated carbocycles. The van der Waals surface area contributed by atoms with Gasteiger partial charge >= 0.3 is 5.97 Å². The van der Waals surface area contributed by atoms with Crippen LogP contribution in [0, 0.1) is 0 Å². The van der Waals surface area contributed by atoms with Gasteiger partial charge in [0.2, 0.25) is 5.89 Å². The fourth-order valence-corrected chi connectivity index (χ4v) is 3.59. The van der Waals surface area contributed by atoms with E-state index in [4.69, 9.17) is 25.2 Å². The summed E-state index contributed by atoms with van der Waals surface area (Å²) in [5, 5.41) is 18.6. The summed E-state index contributed by atoms with van der Waals surface area (Å²) in [4.78, 5) is 13.0. The van der Waals surface area contributed by atoms with Gasteiger partial charge in [-0.2, -0.15) is 0 Å². The molecule has 8 nitrogen and oxygen atoms in total. The molecule has 0 spiro atoms. The molecule has 29 heavy (non-hydrogen) atoms. The van der Waals surface area contributed by atoms with E-state index in [1.807, 2.05) is 17.5 Å². The Labute approximate surface area is 178 Å². The summed E-state index contributed by atoms with van der Waals surface area (Å²) >= 11 is 8.43. The highest BCUT2D eigenvalue weighted by Gasteiger charge is 2.20. The van der Waals surface area contributed by atoms with Gasteiger partial charge in [-0.15, -0.1) is 31.7 Å². The van der Waals surface area contributed by atoms with Crippen molar-refractivity contribution in [3.63, 3.8) is 0 Å². The predicted octanol–water partition coefficient (Wildman–Crippen LogP) is 4.90. The summed E-state index contributed by atoms with van der Waals surface area (Å²) in [7, 11) is 0. The van der Waals surface area contributed by atoms with Crippen molar-refractivity contribution >= 4 is 40.7 Å². The van der Waals surface area contributed by atoms with Crippen molar-refractivity contribution in [2.45, 2.75) is 18.3 Å². The van der Waals surface area contributed by atoms with E-state index in [1.54, 1.807) is 31.2 Å². The van der Waals surface area contributed by atoms with Crippen LogP contribution in [0.1, 0.15) is 18.9 Å². The van der Waals surface area contributed by atoms with Gasteiger partial charge < -0.3 is 13.6 Å². The third kappa shape index (κ3) is 4.84. The van der Waals surface area contributed by atoms with Crippen LogP contribution in [-0.2, 0) is 9.53 Å². The number of carbonyl (C=O) groups is 1. The molecule has 0 aliphatic heterocycles. The number of carbonyl (C=O) groups excluding carboxylic acids is 1. The molecule has 0 fully saturated rings. The molecule has 0 aliphatic rings. The molecule has 0 unspecified atom stereocenters. The highest BCUT2D eigenvalue weighted by atomic mass is 35.5. The Balaban J connectivity index is 1.30. The quantitative estimate of drug-likeness (QED) is 0.288. The molecule has 1 atom stereocenters. The van der Waals surface area contributed by atoms with Crippen LogP contribution in [0.25, 0.3) is 22.2 Å². The number of benzene rings is 1. The lowest BCUT2D eigenvalue weighted by Crippen LogP contribution is -2.11.